The number of pyridine rings is 1. The van der Waals surface area contributed by atoms with Gasteiger partial charge in [-0.3, -0.25) is 0 Å². The van der Waals surface area contributed by atoms with Crippen molar-refractivity contribution in [2.45, 2.75) is 13.0 Å². The van der Waals surface area contributed by atoms with Crippen LogP contribution in [0.5, 0.6) is 0 Å². The molecule has 0 amide bonds. The number of hydrogen-bond donors (Lipinski definition) is 0. The number of anilines is 1. The zero-order chi connectivity index (χ0) is 13.9. The van der Waals surface area contributed by atoms with Gasteiger partial charge in [0.15, 0.2) is 0 Å². The van der Waals surface area contributed by atoms with Crippen LogP contribution in [-0.4, -0.2) is 29.7 Å². The number of aromatic nitrogens is 2. The minimum Gasteiger partial charge on any atom is -0.367 e. The fraction of sp³-hybridized carbons (Fsp3) is 0.357. The lowest BCUT2D eigenvalue weighted by Gasteiger charge is -2.33. The third-order valence-electron chi connectivity index (χ3n) is 3.19. The van der Waals surface area contributed by atoms with Crippen LogP contribution < -0.4 is 4.90 Å². The second kappa shape index (κ2) is 5.57. The van der Waals surface area contributed by atoms with Crippen LogP contribution in [-0.2, 0) is 4.74 Å². The smallest absolute Gasteiger partial charge is 0.146 e. The van der Waals surface area contributed by atoms with Crippen LogP contribution >= 0.6 is 11.3 Å². The highest BCUT2D eigenvalue weighted by Crippen LogP contribution is 2.28. The van der Waals surface area contributed by atoms with Crippen molar-refractivity contribution in [3.63, 3.8) is 0 Å². The fourth-order valence-electron chi connectivity index (χ4n) is 2.25. The van der Waals surface area contributed by atoms with E-state index in [0.29, 0.717) is 18.7 Å². The summed E-state index contributed by atoms with van der Waals surface area (Å²) in [6.45, 7) is 4.02. The number of nitrogens with zero attached hydrogens (tertiary/aromatic N) is 4. The molecule has 3 rings (SSSR count). The van der Waals surface area contributed by atoms with Crippen molar-refractivity contribution >= 4 is 17.2 Å². The maximum Gasteiger partial charge on any atom is 0.146 e. The lowest BCUT2D eigenvalue weighted by molar-refractivity contribution is 0.0393. The Morgan fingerprint density at radius 1 is 1.55 bits per heavy atom. The molecule has 1 atom stereocenters. The first-order valence-corrected chi connectivity index (χ1v) is 7.29. The molecule has 1 fully saturated rings. The summed E-state index contributed by atoms with van der Waals surface area (Å²) in [6, 6.07) is 5.77. The van der Waals surface area contributed by atoms with Crippen molar-refractivity contribution in [2.75, 3.05) is 24.6 Å². The Morgan fingerprint density at radius 2 is 2.45 bits per heavy atom. The summed E-state index contributed by atoms with van der Waals surface area (Å²) in [5.41, 5.74) is 1.62. The highest BCUT2D eigenvalue weighted by Gasteiger charge is 2.26. The van der Waals surface area contributed by atoms with Crippen LogP contribution in [0.1, 0.15) is 22.4 Å². The van der Waals surface area contributed by atoms with Crippen LogP contribution in [0.4, 0.5) is 5.82 Å². The van der Waals surface area contributed by atoms with Crippen LogP contribution in [0.2, 0.25) is 0 Å². The zero-order valence-electron chi connectivity index (χ0n) is 11.1. The minimum atomic E-state index is -0.0454. The minimum absolute atomic E-state index is 0.0454. The molecule has 1 aliphatic heterocycles. The van der Waals surface area contributed by atoms with Gasteiger partial charge in [-0.05, 0) is 19.1 Å². The first kappa shape index (κ1) is 13.0. The van der Waals surface area contributed by atoms with Gasteiger partial charge >= 0.3 is 0 Å². The van der Waals surface area contributed by atoms with Crippen molar-refractivity contribution in [3.8, 4) is 6.07 Å². The van der Waals surface area contributed by atoms with Gasteiger partial charge < -0.3 is 9.64 Å². The molecule has 0 radical (unpaired) electrons. The maximum atomic E-state index is 9.18. The number of aryl methyl sites for hydroxylation is 1. The van der Waals surface area contributed by atoms with E-state index in [2.05, 4.69) is 20.9 Å². The van der Waals surface area contributed by atoms with E-state index in [1.807, 2.05) is 12.3 Å². The Hall–Kier alpha value is -1.97. The third kappa shape index (κ3) is 2.50. The highest BCUT2D eigenvalue weighted by atomic mass is 32.1. The Labute approximate surface area is 121 Å². The molecule has 0 bridgehead atoms. The molecule has 0 saturated carbocycles. The van der Waals surface area contributed by atoms with E-state index in [1.54, 1.807) is 29.7 Å². The predicted molar refractivity (Wildman–Crippen MR) is 76.7 cm³/mol. The summed E-state index contributed by atoms with van der Waals surface area (Å²) < 4.78 is 5.80. The van der Waals surface area contributed by atoms with Crippen LogP contribution in [0, 0.1) is 18.3 Å². The number of hydrogen-bond acceptors (Lipinski definition) is 6. The molecule has 2 aromatic rings. The van der Waals surface area contributed by atoms with Gasteiger partial charge in [0, 0.05) is 23.8 Å². The van der Waals surface area contributed by atoms with Gasteiger partial charge in [-0.2, -0.15) is 5.26 Å². The molecule has 3 heterocycles. The average Bonchev–Trinajstić information content (AvgIpc) is 2.94. The molecule has 0 aliphatic carbocycles. The van der Waals surface area contributed by atoms with Gasteiger partial charge in [-0.1, -0.05) is 0 Å². The number of rotatable bonds is 2. The molecule has 1 aliphatic rings. The van der Waals surface area contributed by atoms with Crippen LogP contribution in [0.15, 0.2) is 23.7 Å². The fourth-order valence-corrected chi connectivity index (χ4v) is 3.08. The van der Waals surface area contributed by atoms with E-state index in [4.69, 9.17) is 4.74 Å². The summed E-state index contributed by atoms with van der Waals surface area (Å²) in [5.74, 6) is 0.733. The van der Waals surface area contributed by atoms with Crippen LogP contribution in [0.3, 0.4) is 0 Å². The van der Waals surface area contributed by atoms with Gasteiger partial charge in [0.05, 0.1) is 18.7 Å². The molecule has 0 aromatic carbocycles. The van der Waals surface area contributed by atoms with E-state index in [9.17, 15) is 5.26 Å². The maximum absolute atomic E-state index is 9.18. The number of morpholine rings is 1. The van der Waals surface area contributed by atoms with Gasteiger partial charge in [0.1, 0.15) is 23.0 Å². The summed E-state index contributed by atoms with van der Waals surface area (Å²) in [7, 11) is 0. The van der Waals surface area contributed by atoms with Gasteiger partial charge in [0.25, 0.3) is 0 Å². The largest absolute Gasteiger partial charge is 0.367 e. The SMILES string of the molecule is Cc1csc([C@H]2CN(c3ncccc3C#N)CCO2)n1. The molecular formula is C14H14N4OS. The standard InChI is InChI=1S/C14H14N4OS/c1-10-9-20-14(17-10)12-8-18(5-6-19-12)13-11(7-15)3-2-4-16-13/h2-4,9,12H,5-6,8H2,1H3/t12-/m1/s1. The molecular weight excluding hydrogens is 272 g/mol. The Balaban J connectivity index is 1.83. The van der Waals surface area contributed by atoms with Crippen molar-refractivity contribution in [2.24, 2.45) is 0 Å². The Bertz CT molecular complexity index is 649. The third-order valence-corrected chi connectivity index (χ3v) is 4.24. The normalized spacial score (nSPS) is 18.8. The monoisotopic (exact) mass is 286 g/mol. The molecule has 0 unspecified atom stereocenters. The van der Waals surface area contributed by atoms with E-state index < -0.39 is 0 Å². The first-order valence-electron chi connectivity index (χ1n) is 6.41. The summed E-state index contributed by atoms with van der Waals surface area (Å²) >= 11 is 1.62. The summed E-state index contributed by atoms with van der Waals surface area (Å²) in [6.07, 6.45) is 1.67. The lowest BCUT2D eigenvalue weighted by atomic mass is 10.2. The molecule has 2 aromatic heterocycles. The van der Waals surface area contributed by atoms with Crippen LogP contribution in [0.25, 0.3) is 0 Å². The first-order chi connectivity index (χ1) is 9.78. The Kier molecular flexibility index (Phi) is 3.63. The van der Waals surface area contributed by atoms with E-state index >= 15 is 0 Å². The van der Waals surface area contributed by atoms with E-state index in [0.717, 1.165) is 23.1 Å². The number of ether oxygens (including phenoxy) is 1. The lowest BCUT2D eigenvalue weighted by Crippen LogP contribution is -2.39. The molecule has 102 valence electrons. The molecule has 5 nitrogen and oxygen atoms in total. The summed E-state index contributed by atoms with van der Waals surface area (Å²) in [5, 5.41) is 12.2. The highest BCUT2D eigenvalue weighted by molar-refractivity contribution is 7.09. The second-order valence-corrected chi connectivity index (χ2v) is 5.51. The summed E-state index contributed by atoms with van der Waals surface area (Å²) in [4.78, 5) is 10.9. The average molecular weight is 286 g/mol. The quantitative estimate of drug-likeness (QED) is 0.847. The molecule has 6 heteroatoms. The van der Waals surface area contributed by atoms with Crippen molar-refractivity contribution in [1.82, 2.24) is 9.97 Å². The van der Waals surface area contributed by atoms with Crippen molar-refractivity contribution < 1.29 is 4.74 Å². The predicted octanol–water partition coefficient (Wildman–Crippen LogP) is 2.30. The van der Waals surface area contributed by atoms with Gasteiger partial charge in [-0.25, -0.2) is 9.97 Å². The Morgan fingerprint density at radius 3 is 3.20 bits per heavy atom. The topological polar surface area (TPSA) is 62.0 Å². The zero-order valence-corrected chi connectivity index (χ0v) is 11.9. The van der Waals surface area contributed by atoms with E-state index in [1.165, 1.54) is 0 Å². The molecule has 0 N–H and O–H groups in total. The number of thiazole rings is 1. The molecule has 0 spiro atoms. The molecule has 1 saturated heterocycles. The molecule has 20 heavy (non-hydrogen) atoms. The van der Waals surface area contributed by atoms with Crippen molar-refractivity contribution in [3.05, 3.63) is 40.0 Å². The van der Waals surface area contributed by atoms with Gasteiger partial charge in [0.2, 0.25) is 0 Å². The second-order valence-electron chi connectivity index (χ2n) is 4.62. The van der Waals surface area contributed by atoms with Gasteiger partial charge in [-0.15, -0.1) is 11.3 Å². The number of nitriles is 1. The van der Waals surface area contributed by atoms with E-state index in [-0.39, 0.29) is 6.10 Å². The van der Waals surface area contributed by atoms with Crippen molar-refractivity contribution in [1.29, 1.82) is 5.26 Å².